The predicted octanol–water partition coefficient (Wildman–Crippen LogP) is 5.88. The van der Waals surface area contributed by atoms with Crippen molar-refractivity contribution in [2.24, 2.45) is 0 Å². The summed E-state index contributed by atoms with van der Waals surface area (Å²) in [7, 11) is 0. The second kappa shape index (κ2) is 8.83. The van der Waals surface area contributed by atoms with Crippen LogP contribution in [-0.4, -0.2) is 33.2 Å². The molecule has 24 heavy (non-hydrogen) atoms. The third-order valence-electron chi connectivity index (χ3n) is 3.26. The van der Waals surface area contributed by atoms with Crippen LogP contribution in [0.4, 0.5) is 0 Å². The van der Waals surface area contributed by atoms with E-state index < -0.39 is 0 Å². The van der Waals surface area contributed by atoms with Crippen molar-refractivity contribution < 1.29 is 0 Å². The molecule has 1 aromatic heterocycles. The number of rotatable bonds is 6. The maximum Gasteiger partial charge on any atom is 0.197 e. The molecule has 1 aromatic carbocycles. The average molecular weight is 398 g/mol. The van der Waals surface area contributed by atoms with Crippen LogP contribution in [0.3, 0.4) is 0 Å². The molecular formula is C17H23N3S4. The van der Waals surface area contributed by atoms with E-state index in [0.717, 1.165) is 21.2 Å². The SMILES string of the molecule is CCSc1nc(SC)nc(Sc2ccc(C(C)(C)C)cc2SC)n1. The maximum absolute atomic E-state index is 4.59. The number of aromatic nitrogens is 3. The quantitative estimate of drug-likeness (QED) is 0.564. The molecule has 0 unspecified atom stereocenters. The van der Waals surface area contributed by atoms with Crippen LogP contribution in [0.25, 0.3) is 0 Å². The minimum absolute atomic E-state index is 0.151. The third kappa shape index (κ3) is 5.31. The van der Waals surface area contributed by atoms with Crippen molar-refractivity contribution in [2.75, 3.05) is 18.3 Å². The molecule has 0 saturated heterocycles. The van der Waals surface area contributed by atoms with Gasteiger partial charge in [0.2, 0.25) is 0 Å². The van der Waals surface area contributed by atoms with E-state index >= 15 is 0 Å². The van der Waals surface area contributed by atoms with Crippen molar-refractivity contribution in [1.29, 1.82) is 0 Å². The molecule has 7 heteroatoms. The van der Waals surface area contributed by atoms with Gasteiger partial charge >= 0.3 is 0 Å². The highest BCUT2D eigenvalue weighted by atomic mass is 32.2. The van der Waals surface area contributed by atoms with Crippen molar-refractivity contribution in [3.05, 3.63) is 23.8 Å². The van der Waals surface area contributed by atoms with Gasteiger partial charge in [-0.15, -0.1) is 11.8 Å². The molecule has 2 rings (SSSR count). The molecule has 0 bridgehead atoms. The molecular weight excluding hydrogens is 374 g/mol. The van der Waals surface area contributed by atoms with Gasteiger partial charge in [-0.25, -0.2) is 0 Å². The third-order valence-corrected chi connectivity index (χ3v) is 6.39. The lowest BCUT2D eigenvalue weighted by Crippen LogP contribution is -2.11. The molecule has 1 heterocycles. The monoisotopic (exact) mass is 397 g/mol. The molecule has 0 fully saturated rings. The second-order valence-corrected chi connectivity index (χ2v) is 9.90. The molecule has 0 radical (unpaired) electrons. The first-order valence-electron chi connectivity index (χ1n) is 7.66. The van der Waals surface area contributed by atoms with Gasteiger partial charge in [-0.05, 0) is 53.1 Å². The fraction of sp³-hybridized carbons (Fsp3) is 0.471. The molecule has 0 amide bonds. The van der Waals surface area contributed by atoms with Gasteiger partial charge in [-0.2, -0.15) is 15.0 Å². The van der Waals surface area contributed by atoms with E-state index in [1.54, 1.807) is 47.0 Å². The van der Waals surface area contributed by atoms with E-state index in [2.05, 4.69) is 67.1 Å². The highest BCUT2D eigenvalue weighted by Crippen LogP contribution is 2.37. The number of benzene rings is 1. The number of hydrogen-bond donors (Lipinski definition) is 0. The van der Waals surface area contributed by atoms with Crippen LogP contribution < -0.4 is 0 Å². The predicted molar refractivity (Wildman–Crippen MR) is 109 cm³/mol. The summed E-state index contributed by atoms with van der Waals surface area (Å²) in [5.41, 5.74) is 1.50. The van der Waals surface area contributed by atoms with Gasteiger partial charge in [-0.1, -0.05) is 57.3 Å². The van der Waals surface area contributed by atoms with Crippen LogP contribution in [0.2, 0.25) is 0 Å². The van der Waals surface area contributed by atoms with Gasteiger partial charge < -0.3 is 0 Å². The summed E-state index contributed by atoms with van der Waals surface area (Å²) in [4.78, 5) is 16.1. The molecule has 2 aromatic rings. The zero-order valence-corrected chi connectivity index (χ0v) is 18.2. The molecule has 0 spiro atoms. The van der Waals surface area contributed by atoms with Crippen LogP contribution >= 0.6 is 47.0 Å². The van der Waals surface area contributed by atoms with Crippen LogP contribution in [0, 0.1) is 0 Å². The smallest absolute Gasteiger partial charge is 0.196 e. The summed E-state index contributed by atoms with van der Waals surface area (Å²) < 4.78 is 0. The van der Waals surface area contributed by atoms with Crippen LogP contribution in [-0.2, 0) is 5.41 Å². The Labute approximate surface area is 162 Å². The zero-order chi connectivity index (χ0) is 17.7. The fourth-order valence-electron chi connectivity index (χ4n) is 1.97. The highest BCUT2D eigenvalue weighted by Gasteiger charge is 2.17. The molecule has 130 valence electrons. The van der Waals surface area contributed by atoms with Gasteiger partial charge in [0.1, 0.15) is 0 Å². The Morgan fingerprint density at radius 2 is 1.54 bits per heavy atom. The van der Waals surface area contributed by atoms with Crippen LogP contribution in [0.5, 0.6) is 0 Å². The van der Waals surface area contributed by atoms with Gasteiger partial charge in [0, 0.05) is 9.79 Å². The first-order chi connectivity index (χ1) is 11.4. The summed E-state index contributed by atoms with van der Waals surface area (Å²) in [6.45, 7) is 8.83. The number of thioether (sulfide) groups is 3. The number of hydrogen-bond acceptors (Lipinski definition) is 7. The molecule has 0 aliphatic carbocycles. The molecule has 0 atom stereocenters. The normalized spacial score (nSPS) is 11.8. The van der Waals surface area contributed by atoms with Crippen molar-refractivity contribution in [3.8, 4) is 0 Å². The van der Waals surface area contributed by atoms with Crippen molar-refractivity contribution >= 4 is 47.0 Å². The first-order valence-corrected chi connectivity index (χ1v) is 11.9. The molecule has 3 nitrogen and oxygen atoms in total. The molecule has 0 aliphatic heterocycles. The molecule has 0 N–H and O–H groups in total. The molecule has 0 saturated carbocycles. The summed E-state index contributed by atoms with van der Waals surface area (Å²) in [5.74, 6) is 0.957. The molecule has 0 aliphatic rings. The van der Waals surface area contributed by atoms with Crippen molar-refractivity contribution in [2.45, 2.75) is 58.4 Å². The lowest BCUT2D eigenvalue weighted by atomic mass is 9.87. The Kier molecular flexibility index (Phi) is 7.34. The summed E-state index contributed by atoms with van der Waals surface area (Å²) >= 11 is 6.59. The van der Waals surface area contributed by atoms with Crippen molar-refractivity contribution in [3.63, 3.8) is 0 Å². The minimum atomic E-state index is 0.151. The van der Waals surface area contributed by atoms with Crippen molar-refractivity contribution in [1.82, 2.24) is 15.0 Å². The topological polar surface area (TPSA) is 38.7 Å². The summed E-state index contributed by atoms with van der Waals surface area (Å²) in [5, 5.41) is 2.35. The van der Waals surface area contributed by atoms with E-state index in [4.69, 9.17) is 0 Å². The number of nitrogens with zero attached hydrogens (tertiary/aromatic N) is 3. The van der Waals surface area contributed by atoms with E-state index in [0.29, 0.717) is 0 Å². The summed E-state index contributed by atoms with van der Waals surface area (Å²) in [6, 6.07) is 6.68. The van der Waals surface area contributed by atoms with E-state index in [9.17, 15) is 0 Å². The van der Waals surface area contributed by atoms with E-state index in [-0.39, 0.29) is 5.41 Å². The zero-order valence-electron chi connectivity index (χ0n) is 14.9. The standard InChI is InChI=1S/C17H23N3S4/c1-7-23-15-18-14(22-6)19-16(20-15)24-12-9-8-11(17(2,3)4)10-13(12)21-5/h8-10H,7H2,1-6H3. The van der Waals surface area contributed by atoms with Gasteiger partial charge in [0.05, 0.1) is 0 Å². The Bertz CT molecular complexity index is 699. The lowest BCUT2D eigenvalue weighted by molar-refractivity contribution is 0.587. The Morgan fingerprint density at radius 1 is 0.875 bits per heavy atom. The second-order valence-electron chi connectivity index (χ2n) is 6.04. The van der Waals surface area contributed by atoms with Gasteiger partial charge in [-0.3, -0.25) is 0 Å². The maximum atomic E-state index is 4.59. The van der Waals surface area contributed by atoms with Crippen LogP contribution in [0.15, 0.2) is 43.5 Å². The van der Waals surface area contributed by atoms with E-state index in [1.165, 1.54) is 15.4 Å². The fourth-order valence-corrected chi connectivity index (χ4v) is 4.70. The van der Waals surface area contributed by atoms with Crippen LogP contribution in [0.1, 0.15) is 33.3 Å². The summed E-state index contributed by atoms with van der Waals surface area (Å²) in [6.07, 6.45) is 4.11. The Morgan fingerprint density at radius 3 is 2.12 bits per heavy atom. The van der Waals surface area contributed by atoms with E-state index in [1.807, 2.05) is 6.26 Å². The Balaban J connectivity index is 2.35. The highest BCUT2D eigenvalue weighted by molar-refractivity contribution is 8.02. The largest absolute Gasteiger partial charge is 0.197 e. The minimum Gasteiger partial charge on any atom is -0.196 e. The Hall–Kier alpha value is -0.370. The first kappa shape index (κ1) is 19.9. The average Bonchev–Trinajstić information content (AvgIpc) is 2.54. The van der Waals surface area contributed by atoms with Gasteiger partial charge in [0.15, 0.2) is 15.5 Å². The van der Waals surface area contributed by atoms with Gasteiger partial charge in [0.25, 0.3) is 0 Å². The lowest BCUT2D eigenvalue weighted by Gasteiger charge is -2.20.